The van der Waals surface area contributed by atoms with Crippen molar-refractivity contribution in [3.8, 4) is 12.3 Å². The van der Waals surface area contributed by atoms with Gasteiger partial charge in [0.05, 0.1) is 13.0 Å². The minimum Gasteiger partial charge on any atom is -0.394 e. The highest BCUT2D eigenvalue weighted by molar-refractivity contribution is 6.47. The van der Waals surface area contributed by atoms with E-state index in [1.54, 1.807) is 4.90 Å². The van der Waals surface area contributed by atoms with E-state index in [-0.39, 0.29) is 19.7 Å². The summed E-state index contributed by atoms with van der Waals surface area (Å²) in [5.74, 6) is 2.99. The summed E-state index contributed by atoms with van der Waals surface area (Å²) in [5.41, 5.74) is 5.59. The predicted octanol–water partition coefficient (Wildman–Crippen LogP) is -2.09. The smallest absolute Gasteiger partial charge is 0.166 e. The Hall–Kier alpha value is -1.83. The molecule has 0 aromatic carbocycles. The zero-order valence-electron chi connectivity index (χ0n) is 12.7. The average Bonchev–Trinajstić information content (AvgIpc) is 3.09. The highest BCUT2D eigenvalue weighted by Gasteiger charge is 2.51. The molecule has 0 aliphatic carbocycles. The van der Waals surface area contributed by atoms with E-state index in [0.717, 1.165) is 0 Å². The monoisotopic (exact) mass is 321 g/mol. The first kappa shape index (κ1) is 16.0. The number of methoxy groups -OCH3 is 1. The van der Waals surface area contributed by atoms with Crippen LogP contribution in [0.1, 0.15) is 6.42 Å². The fraction of sp³-hybridized carbons (Fsp3) is 0.643. The van der Waals surface area contributed by atoms with E-state index >= 15 is 0 Å². The molecular weight excluding hydrogens is 302 g/mol. The van der Waals surface area contributed by atoms with Crippen LogP contribution >= 0.6 is 0 Å². The van der Waals surface area contributed by atoms with Crippen LogP contribution in [0.4, 0.5) is 0 Å². The molecule has 1 fully saturated rings. The second-order valence-electron chi connectivity index (χ2n) is 5.56. The molecule has 0 radical (unpaired) electrons. The Kier molecular flexibility index (Phi) is 4.18. The van der Waals surface area contributed by atoms with Gasteiger partial charge in [0.1, 0.15) is 37.0 Å². The first-order valence-corrected chi connectivity index (χ1v) is 7.18. The molecule has 3 aliphatic rings. The second kappa shape index (κ2) is 5.99. The lowest BCUT2D eigenvalue weighted by molar-refractivity contribution is -0.0765. The summed E-state index contributed by atoms with van der Waals surface area (Å²) in [6, 6.07) is 0. The van der Waals surface area contributed by atoms with Gasteiger partial charge in [0, 0.05) is 7.11 Å². The van der Waals surface area contributed by atoms with Crippen LogP contribution in [0.25, 0.3) is 0 Å². The molecule has 9 nitrogen and oxygen atoms in total. The Morgan fingerprint density at radius 2 is 2.43 bits per heavy atom. The van der Waals surface area contributed by atoms with Gasteiger partial charge in [0.25, 0.3) is 0 Å². The van der Waals surface area contributed by atoms with E-state index in [1.165, 1.54) is 13.4 Å². The summed E-state index contributed by atoms with van der Waals surface area (Å²) in [5, 5.41) is 19.5. The first-order valence-electron chi connectivity index (χ1n) is 7.18. The van der Waals surface area contributed by atoms with E-state index < -0.39 is 30.2 Å². The van der Waals surface area contributed by atoms with Gasteiger partial charge in [0.2, 0.25) is 0 Å². The second-order valence-corrected chi connectivity index (χ2v) is 5.56. The predicted molar refractivity (Wildman–Crippen MR) is 83.0 cm³/mol. The third-order valence-electron chi connectivity index (χ3n) is 4.19. The number of rotatable bonds is 4. The molecule has 3 heterocycles. The minimum absolute atomic E-state index is 0.191. The summed E-state index contributed by atoms with van der Waals surface area (Å²) in [6.45, 7) is -0.0820. The normalized spacial score (nSPS) is 39.0. The van der Waals surface area contributed by atoms with E-state index in [9.17, 15) is 10.2 Å². The van der Waals surface area contributed by atoms with Crippen molar-refractivity contribution in [2.45, 2.75) is 36.6 Å². The summed E-state index contributed by atoms with van der Waals surface area (Å²) in [4.78, 5) is 14.5. The SMILES string of the molecule is C#CCC1(N)N=CN=C2C1=NCN2[C@@H]1O[C@H](CO)[C@@H](O)[C@H]1OC. The van der Waals surface area contributed by atoms with Crippen LogP contribution in [-0.4, -0.2) is 83.6 Å². The van der Waals surface area contributed by atoms with Gasteiger partial charge in [-0.25, -0.2) is 9.98 Å². The Balaban J connectivity index is 1.86. The molecule has 5 atom stereocenters. The van der Waals surface area contributed by atoms with Crippen LogP contribution in [-0.2, 0) is 9.47 Å². The molecular formula is C14H19N5O4. The number of terminal acetylenes is 1. The lowest BCUT2D eigenvalue weighted by Crippen LogP contribution is -2.55. The molecule has 9 heteroatoms. The van der Waals surface area contributed by atoms with Gasteiger partial charge in [-0.05, 0) is 0 Å². The van der Waals surface area contributed by atoms with Gasteiger partial charge in [0.15, 0.2) is 17.7 Å². The van der Waals surface area contributed by atoms with Gasteiger partial charge >= 0.3 is 0 Å². The van der Waals surface area contributed by atoms with Gasteiger partial charge in [-0.15, -0.1) is 12.3 Å². The molecule has 0 aromatic rings. The number of aliphatic imine (C=N–C) groups is 3. The molecule has 3 rings (SSSR count). The number of ether oxygens (including phenoxy) is 2. The number of nitrogens with two attached hydrogens (primary N) is 1. The number of amidine groups is 1. The maximum atomic E-state index is 10.2. The number of nitrogens with zero attached hydrogens (tertiary/aromatic N) is 4. The van der Waals surface area contributed by atoms with Crippen molar-refractivity contribution in [3.05, 3.63) is 0 Å². The van der Waals surface area contributed by atoms with Crippen molar-refractivity contribution in [3.63, 3.8) is 0 Å². The lowest BCUT2D eigenvalue weighted by atomic mass is 9.99. The molecule has 0 aromatic heterocycles. The number of hydrogen-bond acceptors (Lipinski definition) is 9. The Bertz CT molecular complexity index is 613. The van der Waals surface area contributed by atoms with Crippen molar-refractivity contribution in [2.75, 3.05) is 20.4 Å². The summed E-state index contributed by atoms with van der Waals surface area (Å²) >= 11 is 0. The fourth-order valence-electron chi connectivity index (χ4n) is 3.00. The molecule has 4 N–H and O–H groups in total. The topological polar surface area (TPSA) is 125 Å². The van der Waals surface area contributed by atoms with Crippen LogP contribution in [0, 0.1) is 12.3 Å². The minimum atomic E-state index is -1.11. The maximum Gasteiger partial charge on any atom is 0.166 e. The van der Waals surface area contributed by atoms with Gasteiger partial charge < -0.3 is 30.3 Å². The molecule has 3 aliphatic heterocycles. The number of aliphatic hydroxyl groups excluding tert-OH is 2. The fourth-order valence-corrected chi connectivity index (χ4v) is 3.00. The average molecular weight is 321 g/mol. The van der Waals surface area contributed by atoms with E-state index in [0.29, 0.717) is 11.5 Å². The molecule has 0 spiro atoms. The lowest BCUT2D eigenvalue weighted by Gasteiger charge is -2.32. The van der Waals surface area contributed by atoms with Crippen molar-refractivity contribution in [2.24, 2.45) is 20.7 Å². The highest BCUT2D eigenvalue weighted by atomic mass is 16.6. The molecule has 0 saturated carbocycles. The summed E-state index contributed by atoms with van der Waals surface area (Å²) in [6.07, 6.45) is 3.92. The van der Waals surface area contributed by atoms with Gasteiger partial charge in [-0.1, -0.05) is 0 Å². The van der Waals surface area contributed by atoms with E-state index in [1.807, 2.05) is 0 Å². The number of aliphatic hydroxyl groups is 2. The molecule has 23 heavy (non-hydrogen) atoms. The molecule has 1 unspecified atom stereocenters. The maximum absolute atomic E-state index is 10.2. The van der Waals surface area contributed by atoms with Crippen LogP contribution in [0.15, 0.2) is 15.0 Å². The summed E-state index contributed by atoms with van der Waals surface area (Å²) < 4.78 is 11.0. The molecule has 0 amide bonds. The Morgan fingerprint density at radius 1 is 1.65 bits per heavy atom. The van der Waals surface area contributed by atoms with Crippen LogP contribution in [0.5, 0.6) is 0 Å². The van der Waals surface area contributed by atoms with Gasteiger partial charge in [-0.2, -0.15) is 0 Å². The third-order valence-corrected chi connectivity index (χ3v) is 4.19. The third kappa shape index (κ3) is 2.45. The van der Waals surface area contributed by atoms with Crippen molar-refractivity contribution >= 4 is 17.9 Å². The Morgan fingerprint density at radius 3 is 3.09 bits per heavy atom. The Labute approximate surface area is 133 Å². The molecule has 124 valence electrons. The number of fused-ring (bicyclic) bond motifs is 1. The molecule has 1 saturated heterocycles. The number of hydrogen-bond donors (Lipinski definition) is 3. The van der Waals surface area contributed by atoms with Gasteiger partial charge in [-0.3, -0.25) is 4.99 Å². The van der Waals surface area contributed by atoms with Crippen molar-refractivity contribution in [1.29, 1.82) is 0 Å². The zero-order chi connectivity index (χ0) is 16.6. The highest BCUT2D eigenvalue weighted by Crippen LogP contribution is 2.30. The quantitative estimate of drug-likeness (QED) is 0.510. The summed E-state index contributed by atoms with van der Waals surface area (Å²) in [7, 11) is 1.47. The van der Waals surface area contributed by atoms with Crippen molar-refractivity contribution in [1.82, 2.24) is 4.90 Å². The largest absolute Gasteiger partial charge is 0.394 e. The van der Waals surface area contributed by atoms with E-state index in [2.05, 4.69) is 20.9 Å². The van der Waals surface area contributed by atoms with E-state index in [4.69, 9.17) is 21.6 Å². The van der Waals surface area contributed by atoms with Crippen molar-refractivity contribution < 1.29 is 19.7 Å². The molecule has 0 bridgehead atoms. The van der Waals surface area contributed by atoms with Crippen LogP contribution in [0.2, 0.25) is 0 Å². The van der Waals surface area contributed by atoms with Crippen LogP contribution < -0.4 is 5.73 Å². The zero-order valence-corrected chi connectivity index (χ0v) is 12.7. The first-order chi connectivity index (χ1) is 11.1. The standard InChI is InChI=1S/C14H19N5O4/c1-3-4-14(15)11-12(16-6-18-14)19(7-17-11)13-10(22-2)9(21)8(5-20)23-13/h1,6,8-10,13,20-21H,4-5,7,15H2,2H3/t8-,9-,10-,13-,14?/m1/s1. The van der Waals surface area contributed by atoms with Crippen LogP contribution in [0.3, 0.4) is 0 Å².